The second kappa shape index (κ2) is 6.22. The molecule has 0 aliphatic rings. The molecule has 0 saturated carbocycles. The molecule has 0 saturated heterocycles. The third-order valence-electron chi connectivity index (χ3n) is 4.18. The van der Waals surface area contributed by atoms with Crippen molar-refractivity contribution in [1.29, 1.82) is 0 Å². The highest BCUT2D eigenvalue weighted by molar-refractivity contribution is 6.30. The second-order valence-electron chi connectivity index (χ2n) is 6.09. The van der Waals surface area contributed by atoms with E-state index in [9.17, 15) is 4.79 Å². The average Bonchev–Trinajstić information content (AvgIpc) is 3.03. The number of aromatic nitrogens is 3. The zero-order chi connectivity index (χ0) is 17.4. The lowest BCUT2D eigenvalue weighted by atomic mass is 10.1. The predicted octanol–water partition coefficient (Wildman–Crippen LogP) is 4.17. The lowest BCUT2D eigenvalue weighted by Crippen LogP contribution is -2.21. The summed E-state index contributed by atoms with van der Waals surface area (Å²) in [4.78, 5) is 12.8. The van der Waals surface area contributed by atoms with Crippen LogP contribution in [0, 0.1) is 6.92 Å². The van der Waals surface area contributed by atoms with Gasteiger partial charge in [0.15, 0.2) is 0 Å². The highest BCUT2D eigenvalue weighted by atomic mass is 35.5. The minimum Gasteiger partial charge on any atom is -0.308 e. The summed E-state index contributed by atoms with van der Waals surface area (Å²) in [5.41, 5.74) is 4.46. The summed E-state index contributed by atoms with van der Waals surface area (Å²) >= 11 is 5.93. The Morgan fingerprint density at radius 1 is 1.04 bits per heavy atom. The Hall–Kier alpha value is -2.85. The van der Waals surface area contributed by atoms with E-state index in [1.54, 1.807) is 15.3 Å². The minimum atomic E-state index is -0.0586. The van der Waals surface area contributed by atoms with Crippen LogP contribution in [0.3, 0.4) is 0 Å². The van der Waals surface area contributed by atoms with Gasteiger partial charge in [0.2, 0.25) is 0 Å². The fourth-order valence-corrected chi connectivity index (χ4v) is 3.05. The van der Waals surface area contributed by atoms with Gasteiger partial charge in [-0.1, -0.05) is 53.6 Å². The molecule has 0 N–H and O–H groups in total. The highest BCUT2D eigenvalue weighted by Crippen LogP contribution is 2.20. The lowest BCUT2D eigenvalue weighted by molar-refractivity contribution is 0.742. The number of aryl methyl sites for hydroxylation is 1. The molecule has 5 heteroatoms. The molecule has 2 aromatic heterocycles. The molecule has 0 amide bonds. The van der Waals surface area contributed by atoms with Crippen LogP contribution in [0.5, 0.6) is 0 Å². The van der Waals surface area contributed by atoms with E-state index >= 15 is 0 Å². The monoisotopic (exact) mass is 349 g/mol. The number of hydrogen-bond acceptors (Lipinski definition) is 2. The second-order valence-corrected chi connectivity index (χ2v) is 6.52. The smallest absolute Gasteiger partial charge is 0.276 e. The molecule has 2 heterocycles. The Labute approximate surface area is 149 Å². The minimum absolute atomic E-state index is 0.0586. The molecular formula is C20H16ClN3O. The zero-order valence-electron chi connectivity index (χ0n) is 13.7. The van der Waals surface area contributed by atoms with Gasteiger partial charge in [-0.3, -0.25) is 4.79 Å². The first-order valence-corrected chi connectivity index (χ1v) is 8.38. The predicted molar refractivity (Wildman–Crippen MR) is 100 cm³/mol. The first-order chi connectivity index (χ1) is 12.1. The summed E-state index contributed by atoms with van der Waals surface area (Å²) in [5.74, 6) is 0. The van der Waals surface area contributed by atoms with Gasteiger partial charge >= 0.3 is 0 Å². The van der Waals surface area contributed by atoms with Gasteiger partial charge in [0, 0.05) is 23.0 Å². The molecule has 2 aromatic carbocycles. The molecule has 0 aliphatic heterocycles. The van der Waals surface area contributed by atoms with Gasteiger partial charge in [0.05, 0.1) is 12.2 Å². The quantitative estimate of drug-likeness (QED) is 0.556. The van der Waals surface area contributed by atoms with Crippen molar-refractivity contribution < 1.29 is 0 Å². The number of hydrogen-bond donors (Lipinski definition) is 0. The van der Waals surface area contributed by atoms with E-state index in [2.05, 4.69) is 11.2 Å². The molecule has 4 rings (SSSR count). The van der Waals surface area contributed by atoms with Crippen LogP contribution >= 0.6 is 11.6 Å². The van der Waals surface area contributed by atoms with Crippen molar-refractivity contribution in [3.63, 3.8) is 0 Å². The summed E-state index contributed by atoms with van der Waals surface area (Å²) in [6.07, 6.45) is 3.59. The van der Waals surface area contributed by atoms with Crippen LogP contribution in [0.2, 0.25) is 5.02 Å². The van der Waals surface area contributed by atoms with Crippen molar-refractivity contribution in [3.05, 3.63) is 93.5 Å². The number of nitrogens with zero attached hydrogens (tertiary/aromatic N) is 3. The van der Waals surface area contributed by atoms with Crippen LogP contribution in [-0.2, 0) is 6.54 Å². The van der Waals surface area contributed by atoms with Gasteiger partial charge in [0.25, 0.3) is 5.56 Å². The first-order valence-electron chi connectivity index (χ1n) is 8.00. The molecular weight excluding hydrogens is 334 g/mol. The summed E-state index contributed by atoms with van der Waals surface area (Å²) in [6.45, 7) is 2.59. The molecule has 124 valence electrons. The van der Waals surface area contributed by atoms with E-state index in [0.717, 1.165) is 16.8 Å². The number of fused-ring (bicyclic) bond motifs is 1. The van der Waals surface area contributed by atoms with Gasteiger partial charge < -0.3 is 4.57 Å². The Morgan fingerprint density at radius 2 is 1.84 bits per heavy atom. The number of benzene rings is 2. The van der Waals surface area contributed by atoms with E-state index < -0.39 is 0 Å². The zero-order valence-corrected chi connectivity index (χ0v) is 14.4. The van der Waals surface area contributed by atoms with E-state index in [4.69, 9.17) is 11.6 Å². The number of rotatable bonds is 3. The third kappa shape index (κ3) is 3.08. The Kier molecular flexibility index (Phi) is 3.90. The van der Waals surface area contributed by atoms with Gasteiger partial charge in [-0.15, -0.1) is 0 Å². The maximum absolute atomic E-state index is 12.8. The molecule has 25 heavy (non-hydrogen) atoms. The molecule has 0 fully saturated rings. The van der Waals surface area contributed by atoms with Gasteiger partial charge in [-0.05, 0) is 30.7 Å². The third-order valence-corrected chi connectivity index (χ3v) is 4.43. The Balaban J connectivity index is 1.75. The van der Waals surface area contributed by atoms with Crippen molar-refractivity contribution in [2.75, 3.05) is 0 Å². The van der Waals surface area contributed by atoms with Crippen molar-refractivity contribution in [2.45, 2.75) is 13.5 Å². The molecule has 4 nitrogen and oxygen atoms in total. The summed E-state index contributed by atoms with van der Waals surface area (Å²) < 4.78 is 3.33. The van der Waals surface area contributed by atoms with Crippen molar-refractivity contribution in [3.8, 4) is 11.3 Å². The maximum atomic E-state index is 12.8. The molecule has 0 aliphatic carbocycles. The van der Waals surface area contributed by atoms with Gasteiger partial charge in [0.1, 0.15) is 5.52 Å². The SMILES string of the molecule is Cc1cccc(Cn2ccn3nc(-c4ccc(Cl)cc4)cc3c2=O)c1. The fraction of sp³-hybridized carbons (Fsp3) is 0.100. The molecule has 0 bridgehead atoms. The van der Waals surface area contributed by atoms with E-state index in [-0.39, 0.29) is 5.56 Å². The first kappa shape index (κ1) is 15.7. The number of halogens is 1. The average molecular weight is 350 g/mol. The molecule has 0 atom stereocenters. The topological polar surface area (TPSA) is 39.3 Å². The van der Waals surface area contributed by atoms with E-state index in [0.29, 0.717) is 17.1 Å². The van der Waals surface area contributed by atoms with Crippen LogP contribution in [0.4, 0.5) is 0 Å². The van der Waals surface area contributed by atoms with Crippen molar-refractivity contribution in [2.24, 2.45) is 0 Å². The van der Waals surface area contributed by atoms with Crippen LogP contribution in [0.15, 0.2) is 71.8 Å². The van der Waals surface area contributed by atoms with E-state index in [1.807, 2.05) is 61.7 Å². The standard InChI is InChI=1S/C20H16ClN3O/c1-14-3-2-4-15(11-14)13-23-9-10-24-19(20(23)25)12-18(22-24)16-5-7-17(21)8-6-16/h2-12H,13H2,1H3. The molecule has 4 aromatic rings. The largest absolute Gasteiger partial charge is 0.308 e. The molecule has 0 radical (unpaired) electrons. The molecule has 0 unspecified atom stereocenters. The van der Waals surface area contributed by atoms with Crippen LogP contribution in [-0.4, -0.2) is 14.2 Å². The van der Waals surface area contributed by atoms with Crippen LogP contribution in [0.25, 0.3) is 16.8 Å². The van der Waals surface area contributed by atoms with E-state index in [1.165, 1.54) is 5.56 Å². The van der Waals surface area contributed by atoms with Gasteiger partial charge in [-0.2, -0.15) is 5.10 Å². The summed E-state index contributed by atoms with van der Waals surface area (Å²) in [6, 6.07) is 17.4. The molecule has 0 spiro atoms. The maximum Gasteiger partial charge on any atom is 0.276 e. The summed E-state index contributed by atoms with van der Waals surface area (Å²) in [7, 11) is 0. The van der Waals surface area contributed by atoms with Crippen LogP contribution < -0.4 is 5.56 Å². The van der Waals surface area contributed by atoms with Crippen molar-refractivity contribution in [1.82, 2.24) is 14.2 Å². The normalized spacial score (nSPS) is 11.1. The van der Waals surface area contributed by atoms with Crippen molar-refractivity contribution >= 4 is 17.1 Å². The highest BCUT2D eigenvalue weighted by Gasteiger charge is 2.09. The van der Waals surface area contributed by atoms with Gasteiger partial charge in [-0.25, -0.2) is 4.52 Å². The fourth-order valence-electron chi connectivity index (χ4n) is 2.92. The summed E-state index contributed by atoms with van der Waals surface area (Å²) in [5, 5.41) is 5.17. The Bertz CT molecular complexity index is 1110. The lowest BCUT2D eigenvalue weighted by Gasteiger charge is -2.06. The van der Waals surface area contributed by atoms with Crippen LogP contribution in [0.1, 0.15) is 11.1 Å². The Morgan fingerprint density at radius 3 is 2.60 bits per heavy atom.